The Balaban J connectivity index is 1.79. The first-order chi connectivity index (χ1) is 15.4. The van der Waals surface area contributed by atoms with E-state index in [2.05, 4.69) is 23.3 Å². The number of rotatable bonds is 8. The summed E-state index contributed by atoms with van der Waals surface area (Å²) < 4.78 is 50.6. The number of carbonyl (C=O) groups is 1. The van der Waals surface area contributed by atoms with Gasteiger partial charge in [-0.05, 0) is 6.92 Å². The molecule has 0 saturated carbocycles. The lowest BCUT2D eigenvalue weighted by molar-refractivity contribution is -0.242. The number of ketones is 1. The molecule has 3 rings (SSSR count). The molecule has 190 valence electrons. The zero-order chi connectivity index (χ0) is 25.7. The third-order valence-electron chi connectivity index (χ3n) is 4.61. The summed E-state index contributed by atoms with van der Waals surface area (Å²) in [5.41, 5.74) is 0.273. The number of aliphatic hydroxyl groups is 3. The molecule has 0 aromatic carbocycles. The first-order valence-corrected chi connectivity index (χ1v) is 13.6. The number of carbonyl (C=O) groups excluding carboxylic acids is 1. The Morgan fingerprint density at radius 2 is 1.79 bits per heavy atom. The molecule has 0 bridgehead atoms. The van der Waals surface area contributed by atoms with Gasteiger partial charge in [-0.3, -0.25) is 9.32 Å². The molecule has 0 spiro atoms. The molecule has 17 nitrogen and oxygen atoms in total. The lowest BCUT2D eigenvalue weighted by Gasteiger charge is -2.28. The lowest BCUT2D eigenvalue weighted by atomic mass is 9.89. The van der Waals surface area contributed by atoms with Crippen LogP contribution >= 0.6 is 23.5 Å². The summed E-state index contributed by atoms with van der Waals surface area (Å²) in [6.07, 6.45) is -3.19. The summed E-state index contributed by atoms with van der Waals surface area (Å²) in [7, 11) is -16.9. The van der Waals surface area contributed by atoms with E-state index in [-0.39, 0.29) is 23.3 Å². The van der Waals surface area contributed by atoms with Crippen molar-refractivity contribution in [2.45, 2.75) is 37.4 Å². The maximum Gasteiger partial charge on any atom is 0.490 e. The highest BCUT2D eigenvalue weighted by molar-refractivity contribution is 7.66. The van der Waals surface area contributed by atoms with Gasteiger partial charge in [-0.2, -0.15) is 13.7 Å². The minimum atomic E-state index is -5.78. The van der Waals surface area contributed by atoms with Crippen LogP contribution in [0.15, 0.2) is 11.8 Å². The van der Waals surface area contributed by atoms with Gasteiger partial charge >= 0.3 is 23.5 Å². The smallest absolute Gasteiger partial charge is 0.387 e. The monoisotopic (exact) mass is 548 g/mol. The number of ether oxygens (including phenoxy) is 1. The van der Waals surface area contributed by atoms with Crippen LogP contribution in [-0.4, -0.2) is 75.8 Å². The van der Waals surface area contributed by atoms with E-state index in [0.717, 1.165) is 6.20 Å². The predicted molar refractivity (Wildman–Crippen MR) is 105 cm³/mol. The Labute approximate surface area is 190 Å². The number of phosphoric ester groups is 1. The van der Waals surface area contributed by atoms with E-state index in [4.69, 9.17) is 19.4 Å². The van der Waals surface area contributed by atoms with Gasteiger partial charge in [0.05, 0.1) is 12.8 Å². The summed E-state index contributed by atoms with van der Waals surface area (Å²) >= 11 is 0. The number of Topliss-reactive ketones (excluding diaryl/α,β-unsaturated/α-hetero) is 1. The number of hydrogen-bond acceptors (Lipinski definition) is 13. The van der Waals surface area contributed by atoms with Crippen LogP contribution in [-0.2, 0) is 37.4 Å². The number of hydrogen-bond donors (Lipinski definition) is 7. The predicted octanol–water partition coefficient (Wildman–Crippen LogP) is -0.925. The zero-order valence-electron chi connectivity index (χ0n) is 16.9. The maximum absolute atomic E-state index is 12.3. The quantitative estimate of drug-likeness (QED) is 0.193. The van der Waals surface area contributed by atoms with Crippen LogP contribution in [0.4, 0.5) is 0 Å². The van der Waals surface area contributed by atoms with Crippen molar-refractivity contribution in [1.29, 1.82) is 0 Å². The van der Waals surface area contributed by atoms with Crippen LogP contribution in [0.1, 0.15) is 35.0 Å². The lowest BCUT2D eigenvalue weighted by Crippen LogP contribution is -2.42. The van der Waals surface area contributed by atoms with E-state index in [1.165, 1.54) is 6.08 Å². The third kappa shape index (κ3) is 5.93. The fourth-order valence-electron chi connectivity index (χ4n) is 3.28. The van der Waals surface area contributed by atoms with Gasteiger partial charge in [-0.25, -0.2) is 13.7 Å². The molecular formula is C14H19N2O15P3. The van der Waals surface area contributed by atoms with Gasteiger partial charge in [0.15, 0.2) is 5.78 Å². The summed E-state index contributed by atoms with van der Waals surface area (Å²) in [4.78, 5) is 48.0. The van der Waals surface area contributed by atoms with Crippen LogP contribution in [0.5, 0.6) is 0 Å². The first-order valence-electron chi connectivity index (χ1n) is 9.05. The van der Waals surface area contributed by atoms with Crippen molar-refractivity contribution in [3.05, 3.63) is 28.6 Å². The van der Waals surface area contributed by atoms with E-state index in [9.17, 15) is 38.7 Å². The topological polar surface area (TPSA) is 273 Å². The molecule has 1 aromatic heterocycles. The molecule has 1 saturated heterocycles. The summed E-state index contributed by atoms with van der Waals surface area (Å²) in [5.74, 6) is -3.12. The maximum atomic E-state index is 12.3. The van der Waals surface area contributed by atoms with E-state index in [1.54, 1.807) is 6.92 Å². The van der Waals surface area contributed by atoms with Crippen molar-refractivity contribution in [2.24, 2.45) is 0 Å². The molecule has 6 atom stereocenters. The molecule has 1 aromatic rings. The van der Waals surface area contributed by atoms with Crippen molar-refractivity contribution in [3.8, 4) is 0 Å². The van der Waals surface area contributed by atoms with Crippen molar-refractivity contribution in [3.63, 3.8) is 0 Å². The van der Waals surface area contributed by atoms with Gasteiger partial charge in [-0.1, -0.05) is 11.6 Å². The average Bonchev–Trinajstić information content (AvgIpc) is 2.88. The van der Waals surface area contributed by atoms with Gasteiger partial charge in [0.2, 0.25) is 5.79 Å². The largest absolute Gasteiger partial charge is 0.490 e. The Morgan fingerprint density at radius 1 is 1.15 bits per heavy atom. The highest BCUT2D eigenvalue weighted by Crippen LogP contribution is 2.66. The molecule has 2 heterocycles. The van der Waals surface area contributed by atoms with Crippen LogP contribution in [0.3, 0.4) is 0 Å². The highest BCUT2D eigenvalue weighted by atomic mass is 31.3. The first kappa shape index (κ1) is 27.3. The normalized spacial score (nSPS) is 30.9. The van der Waals surface area contributed by atoms with Crippen LogP contribution < -0.4 is 0 Å². The molecule has 1 fully saturated rings. The number of allylic oxidation sites excluding steroid dienone is 1. The van der Waals surface area contributed by atoms with Crippen molar-refractivity contribution >= 4 is 35.3 Å². The average molecular weight is 548 g/mol. The van der Waals surface area contributed by atoms with Gasteiger partial charge in [-0.15, -0.1) is 5.10 Å². The second-order valence-corrected chi connectivity index (χ2v) is 11.7. The Kier molecular flexibility index (Phi) is 7.49. The van der Waals surface area contributed by atoms with E-state index < -0.39 is 59.9 Å². The SMILES string of the molecule is CC1=Cc2c(cnnc2[C@]2(O)O[C@H](COP(=O)(O)OP(=O)(O)OP(=O)(O)O)[C@@H](O)[C@H]2O)C(=O)C1. The number of aromatic nitrogens is 2. The van der Waals surface area contributed by atoms with Crippen LogP contribution in [0.2, 0.25) is 0 Å². The minimum Gasteiger partial charge on any atom is -0.387 e. The summed E-state index contributed by atoms with van der Waals surface area (Å²) in [6, 6.07) is 0. The molecule has 1 aliphatic carbocycles. The molecule has 0 radical (unpaired) electrons. The highest BCUT2D eigenvalue weighted by Gasteiger charge is 2.57. The molecule has 20 heteroatoms. The molecule has 2 aliphatic rings. The second kappa shape index (κ2) is 9.32. The van der Waals surface area contributed by atoms with E-state index >= 15 is 0 Å². The van der Waals surface area contributed by atoms with Crippen LogP contribution in [0, 0.1) is 0 Å². The van der Waals surface area contributed by atoms with Gasteiger partial charge in [0.25, 0.3) is 0 Å². The number of fused-ring (bicyclic) bond motifs is 1. The van der Waals surface area contributed by atoms with E-state index in [1.807, 2.05) is 0 Å². The second-order valence-electron chi connectivity index (χ2n) is 7.29. The standard InChI is InChI=1S/C14H19N2O15P3/c1-6-2-7-8(9(17)3-6)4-15-16-12(7)14(20)13(19)11(18)10(29-14)5-28-33(24,25)31-34(26,27)30-32(21,22)23/h2,4,10-11,13,18-20H,3,5H2,1H3,(H,24,25)(H,26,27)(H2,21,22,23)/t10-,11-,13-,14+/m1/s1. The molecule has 1 aliphatic heterocycles. The summed E-state index contributed by atoms with van der Waals surface area (Å²) in [5, 5.41) is 38.9. The van der Waals surface area contributed by atoms with Crippen LogP contribution in [0.25, 0.3) is 6.08 Å². The number of nitrogens with zero attached hydrogens (tertiary/aromatic N) is 2. The fraction of sp³-hybridized carbons (Fsp3) is 0.500. The van der Waals surface area contributed by atoms with E-state index in [0.29, 0.717) is 5.57 Å². The minimum absolute atomic E-state index is 0.0611. The molecule has 0 amide bonds. The van der Waals surface area contributed by atoms with Crippen molar-refractivity contribution < 1.29 is 71.3 Å². The number of aliphatic hydroxyl groups excluding tert-OH is 2. The van der Waals surface area contributed by atoms with Gasteiger partial charge < -0.3 is 39.6 Å². The zero-order valence-corrected chi connectivity index (χ0v) is 19.6. The van der Waals surface area contributed by atoms with Gasteiger partial charge in [0, 0.05) is 17.5 Å². The fourth-order valence-corrected chi connectivity index (χ4v) is 6.31. The molecule has 34 heavy (non-hydrogen) atoms. The third-order valence-corrected chi connectivity index (χ3v) is 8.42. The molecular weight excluding hydrogens is 529 g/mol. The molecule has 7 N–H and O–H groups in total. The molecule has 2 unspecified atom stereocenters. The number of phosphoric acid groups is 3. The van der Waals surface area contributed by atoms with Crippen molar-refractivity contribution in [2.75, 3.05) is 6.61 Å². The Hall–Kier alpha value is -1.26. The van der Waals surface area contributed by atoms with Crippen molar-refractivity contribution in [1.82, 2.24) is 10.2 Å². The van der Waals surface area contributed by atoms with Gasteiger partial charge in [0.1, 0.15) is 24.0 Å². The Bertz CT molecular complexity index is 1170. The summed E-state index contributed by atoms with van der Waals surface area (Å²) in [6.45, 7) is 0.474. The Morgan fingerprint density at radius 3 is 2.41 bits per heavy atom.